The monoisotopic (exact) mass is 257 g/mol. The number of rotatable bonds is 6. The Morgan fingerprint density at radius 2 is 2.11 bits per heavy atom. The minimum Gasteiger partial charge on any atom is -0.497 e. The van der Waals surface area contributed by atoms with Gasteiger partial charge in [0.05, 0.1) is 25.5 Å². The highest BCUT2D eigenvalue weighted by Crippen LogP contribution is 2.27. The van der Waals surface area contributed by atoms with Crippen LogP contribution in [0.15, 0.2) is 30.5 Å². The van der Waals surface area contributed by atoms with Crippen LogP contribution in [0.3, 0.4) is 0 Å². The molecule has 0 radical (unpaired) electrons. The predicted octanol–water partition coefficient (Wildman–Crippen LogP) is 2.58. The van der Waals surface area contributed by atoms with Crippen molar-refractivity contribution in [3.05, 3.63) is 36.3 Å². The summed E-state index contributed by atoms with van der Waals surface area (Å²) in [6, 6.07) is 7.99. The number of ether oxygens (including phenoxy) is 1. The zero-order valence-corrected chi connectivity index (χ0v) is 11.1. The molecule has 2 N–H and O–H groups in total. The van der Waals surface area contributed by atoms with Crippen LogP contribution in [0.2, 0.25) is 0 Å². The third-order valence-corrected chi connectivity index (χ3v) is 3.45. The first-order chi connectivity index (χ1) is 9.35. The summed E-state index contributed by atoms with van der Waals surface area (Å²) in [5, 5.41) is 3.43. The lowest BCUT2D eigenvalue weighted by molar-refractivity contribution is 0.415. The second-order valence-corrected chi connectivity index (χ2v) is 5.05. The summed E-state index contributed by atoms with van der Waals surface area (Å²) in [6.07, 6.45) is 4.64. The second kappa shape index (κ2) is 5.45. The summed E-state index contributed by atoms with van der Waals surface area (Å²) < 4.78 is 5.16. The Morgan fingerprint density at radius 3 is 2.79 bits per heavy atom. The zero-order chi connectivity index (χ0) is 13.1. The number of methoxy groups -OCH3 is 1. The number of nitrogens with zero attached hydrogens (tertiary/aromatic N) is 1. The molecule has 1 heterocycles. The van der Waals surface area contributed by atoms with Crippen molar-refractivity contribution >= 4 is 0 Å². The molecule has 1 aromatic heterocycles. The van der Waals surface area contributed by atoms with Crippen molar-refractivity contribution in [3.8, 4) is 17.0 Å². The van der Waals surface area contributed by atoms with Gasteiger partial charge >= 0.3 is 0 Å². The molecule has 100 valence electrons. The molecule has 0 saturated heterocycles. The molecule has 19 heavy (non-hydrogen) atoms. The maximum atomic E-state index is 5.16. The van der Waals surface area contributed by atoms with Crippen molar-refractivity contribution in [2.75, 3.05) is 13.7 Å². The maximum Gasteiger partial charge on any atom is 0.120 e. The number of nitrogens with one attached hydrogen (secondary N) is 2. The number of aromatic amines is 1. The van der Waals surface area contributed by atoms with E-state index in [1.807, 2.05) is 30.5 Å². The molecule has 0 bridgehead atoms. The van der Waals surface area contributed by atoms with Gasteiger partial charge in [0.2, 0.25) is 0 Å². The number of hydrogen-bond donors (Lipinski definition) is 2. The van der Waals surface area contributed by atoms with Crippen LogP contribution < -0.4 is 10.1 Å². The van der Waals surface area contributed by atoms with Gasteiger partial charge in [-0.15, -0.1) is 0 Å². The molecule has 0 atom stereocenters. The largest absolute Gasteiger partial charge is 0.497 e. The lowest BCUT2D eigenvalue weighted by Crippen LogP contribution is -2.16. The van der Waals surface area contributed by atoms with Gasteiger partial charge in [0, 0.05) is 0 Å². The number of H-pyrrole nitrogens is 1. The molecule has 1 aliphatic rings. The van der Waals surface area contributed by atoms with Gasteiger partial charge < -0.3 is 15.0 Å². The summed E-state index contributed by atoms with van der Waals surface area (Å²) in [5.74, 6) is 2.76. The first-order valence-electron chi connectivity index (χ1n) is 6.74. The van der Waals surface area contributed by atoms with Gasteiger partial charge in [0.15, 0.2) is 0 Å². The lowest BCUT2D eigenvalue weighted by atomic mass is 10.2. The molecule has 1 aliphatic carbocycles. The third-order valence-electron chi connectivity index (χ3n) is 3.45. The van der Waals surface area contributed by atoms with E-state index in [4.69, 9.17) is 4.74 Å². The third kappa shape index (κ3) is 3.15. The fraction of sp³-hybridized carbons (Fsp3) is 0.400. The summed E-state index contributed by atoms with van der Waals surface area (Å²) in [7, 11) is 1.68. The normalized spacial score (nSPS) is 14.6. The molecule has 0 spiro atoms. The molecule has 0 amide bonds. The summed E-state index contributed by atoms with van der Waals surface area (Å²) in [6.45, 7) is 1.92. The highest BCUT2D eigenvalue weighted by Gasteiger charge is 2.20. The second-order valence-electron chi connectivity index (χ2n) is 5.05. The van der Waals surface area contributed by atoms with E-state index in [-0.39, 0.29) is 0 Å². The molecule has 4 nitrogen and oxygen atoms in total. The van der Waals surface area contributed by atoms with E-state index < -0.39 is 0 Å². The van der Waals surface area contributed by atoms with Crippen LogP contribution in [0, 0.1) is 5.92 Å². The smallest absolute Gasteiger partial charge is 0.120 e. The fourth-order valence-corrected chi connectivity index (χ4v) is 2.09. The molecule has 1 fully saturated rings. The number of imidazole rings is 1. The minimum atomic E-state index is 0.812. The summed E-state index contributed by atoms with van der Waals surface area (Å²) in [5.41, 5.74) is 2.17. The van der Waals surface area contributed by atoms with Crippen molar-refractivity contribution in [1.82, 2.24) is 15.3 Å². The summed E-state index contributed by atoms with van der Waals surface area (Å²) in [4.78, 5) is 7.75. The molecule has 3 rings (SSSR count). The van der Waals surface area contributed by atoms with Crippen molar-refractivity contribution in [2.24, 2.45) is 5.92 Å². The Hall–Kier alpha value is -1.81. The molecule has 0 aliphatic heterocycles. The standard InChI is InChI=1S/C15H19N3O/c1-19-13-6-4-12(5-7-13)14-9-17-15(18-14)10-16-8-11-2-3-11/h4-7,9,11,16H,2-3,8,10H2,1H3,(H,17,18). The Kier molecular flexibility index (Phi) is 3.51. The number of hydrogen-bond acceptors (Lipinski definition) is 3. The molecular formula is C15H19N3O. The van der Waals surface area contributed by atoms with Crippen LogP contribution in [-0.4, -0.2) is 23.6 Å². The quantitative estimate of drug-likeness (QED) is 0.836. The minimum absolute atomic E-state index is 0.812. The van der Waals surface area contributed by atoms with Crippen molar-refractivity contribution in [2.45, 2.75) is 19.4 Å². The Morgan fingerprint density at radius 1 is 1.32 bits per heavy atom. The molecule has 2 aromatic rings. The number of benzene rings is 1. The molecule has 1 aromatic carbocycles. The fourth-order valence-electron chi connectivity index (χ4n) is 2.09. The molecular weight excluding hydrogens is 238 g/mol. The van der Waals surface area contributed by atoms with E-state index in [1.165, 1.54) is 12.8 Å². The maximum absolute atomic E-state index is 5.16. The molecule has 0 unspecified atom stereocenters. The first-order valence-corrected chi connectivity index (χ1v) is 6.74. The Balaban J connectivity index is 1.61. The van der Waals surface area contributed by atoms with E-state index in [0.717, 1.165) is 41.8 Å². The molecule has 1 saturated carbocycles. The van der Waals surface area contributed by atoms with E-state index in [2.05, 4.69) is 15.3 Å². The van der Waals surface area contributed by atoms with Crippen molar-refractivity contribution < 1.29 is 4.74 Å². The Bertz CT molecular complexity index is 529. The van der Waals surface area contributed by atoms with Gasteiger partial charge in [0.1, 0.15) is 11.6 Å². The van der Waals surface area contributed by atoms with E-state index >= 15 is 0 Å². The summed E-state index contributed by atoms with van der Waals surface area (Å²) >= 11 is 0. The average Bonchev–Trinajstić information content (AvgIpc) is 3.15. The van der Waals surface area contributed by atoms with E-state index in [1.54, 1.807) is 7.11 Å². The number of aromatic nitrogens is 2. The van der Waals surface area contributed by atoms with Crippen LogP contribution in [0.1, 0.15) is 18.7 Å². The van der Waals surface area contributed by atoms with Crippen molar-refractivity contribution in [3.63, 3.8) is 0 Å². The van der Waals surface area contributed by atoms with Gasteiger partial charge in [-0.2, -0.15) is 0 Å². The first kappa shape index (κ1) is 12.2. The van der Waals surface area contributed by atoms with Gasteiger partial charge in [-0.1, -0.05) is 0 Å². The van der Waals surface area contributed by atoms with E-state index in [0.29, 0.717) is 0 Å². The topological polar surface area (TPSA) is 49.9 Å². The van der Waals surface area contributed by atoms with Gasteiger partial charge in [-0.05, 0) is 55.1 Å². The zero-order valence-electron chi connectivity index (χ0n) is 11.1. The van der Waals surface area contributed by atoms with Crippen LogP contribution in [0.4, 0.5) is 0 Å². The van der Waals surface area contributed by atoms with Gasteiger partial charge in [-0.3, -0.25) is 0 Å². The SMILES string of the molecule is COc1ccc(-c2cnc(CNCC3CC3)[nH]2)cc1. The lowest BCUT2D eigenvalue weighted by Gasteiger charge is -2.02. The predicted molar refractivity (Wildman–Crippen MR) is 75.0 cm³/mol. The van der Waals surface area contributed by atoms with Crippen molar-refractivity contribution in [1.29, 1.82) is 0 Å². The van der Waals surface area contributed by atoms with Crippen LogP contribution in [0.25, 0.3) is 11.3 Å². The Labute approximate surface area is 113 Å². The van der Waals surface area contributed by atoms with Gasteiger partial charge in [-0.25, -0.2) is 4.98 Å². The van der Waals surface area contributed by atoms with E-state index in [9.17, 15) is 0 Å². The van der Waals surface area contributed by atoms with Gasteiger partial charge in [0.25, 0.3) is 0 Å². The average molecular weight is 257 g/mol. The highest BCUT2D eigenvalue weighted by molar-refractivity contribution is 5.59. The highest BCUT2D eigenvalue weighted by atomic mass is 16.5. The molecule has 4 heteroatoms. The van der Waals surface area contributed by atoms with Crippen LogP contribution in [0.5, 0.6) is 5.75 Å². The van der Waals surface area contributed by atoms with Crippen LogP contribution in [-0.2, 0) is 6.54 Å². The van der Waals surface area contributed by atoms with Crippen LogP contribution >= 0.6 is 0 Å².